The minimum atomic E-state index is 0.228. The molecule has 2 N–H and O–H groups in total. The van der Waals surface area contributed by atoms with Crippen molar-refractivity contribution in [1.82, 2.24) is 9.80 Å². The van der Waals surface area contributed by atoms with Crippen molar-refractivity contribution in [1.29, 1.82) is 0 Å². The molecule has 2 aliphatic rings. The standard InChI is InChI=1S/C17H33N3O/c1-17(2,3)14-7-10-20(13-14)15(12-18)11-16(21)19-8-5-4-6-9-19/h14-15H,4-13,18H2,1-3H3. The third kappa shape index (κ3) is 4.43. The molecule has 4 nitrogen and oxygen atoms in total. The first-order valence-electron chi connectivity index (χ1n) is 8.63. The summed E-state index contributed by atoms with van der Waals surface area (Å²) in [6.07, 6.45) is 5.43. The lowest BCUT2D eigenvalue weighted by Gasteiger charge is -2.32. The number of nitrogens with zero attached hydrogens (tertiary/aromatic N) is 2. The summed E-state index contributed by atoms with van der Waals surface area (Å²) in [7, 11) is 0. The Bertz CT molecular complexity index is 344. The van der Waals surface area contributed by atoms with Crippen molar-refractivity contribution in [2.75, 3.05) is 32.7 Å². The Labute approximate surface area is 130 Å². The van der Waals surface area contributed by atoms with Gasteiger partial charge in [-0.1, -0.05) is 20.8 Å². The van der Waals surface area contributed by atoms with Gasteiger partial charge in [-0.2, -0.15) is 0 Å². The highest BCUT2D eigenvalue weighted by molar-refractivity contribution is 5.77. The van der Waals surface area contributed by atoms with E-state index in [0.29, 0.717) is 24.3 Å². The number of likely N-dealkylation sites (tertiary alicyclic amines) is 2. The Morgan fingerprint density at radius 2 is 1.86 bits per heavy atom. The second-order valence-corrected chi connectivity index (χ2v) is 7.88. The van der Waals surface area contributed by atoms with Gasteiger partial charge in [-0.05, 0) is 43.6 Å². The Kier molecular flexibility index (Phi) is 5.67. The molecular formula is C17H33N3O. The van der Waals surface area contributed by atoms with Gasteiger partial charge in [-0.3, -0.25) is 9.69 Å². The third-order valence-corrected chi connectivity index (χ3v) is 5.35. The van der Waals surface area contributed by atoms with Crippen LogP contribution in [-0.4, -0.2) is 54.5 Å². The maximum absolute atomic E-state index is 12.4. The van der Waals surface area contributed by atoms with E-state index in [4.69, 9.17) is 5.73 Å². The van der Waals surface area contributed by atoms with E-state index in [2.05, 4.69) is 25.7 Å². The van der Waals surface area contributed by atoms with Crippen molar-refractivity contribution in [3.63, 3.8) is 0 Å². The van der Waals surface area contributed by atoms with Crippen LogP contribution in [0.15, 0.2) is 0 Å². The molecule has 2 atom stereocenters. The average molecular weight is 295 g/mol. The predicted octanol–water partition coefficient (Wildman–Crippen LogP) is 2.08. The highest BCUT2D eigenvalue weighted by Crippen LogP contribution is 2.34. The van der Waals surface area contributed by atoms with Crippen LogP contribution < -0.4 is 5.73 Å². The normalized spacial score (nSPS) is 26.1. The maximum Gasteiger partial charge on any atom is 0.224 e. The first kappa shape index (κ1) is 16.8. The lowest BCUT2D eigenvalue weighted by atomic mass is 9.80. The molecule has 0 saturated carbocycles. The van der Waals surface area contributed by atoms with Crippen molar-refractivity contribution in [2.45, 2.75) is 58.9 Å². The molecule has 0 radical (unpaired) electrons. The summed E-state index contributed by atoms with van der Waals surface area (Å²) >= 11 is 0. The summed E-state index contributed by atoms with van der Waals surface area (Å²) in [6.45, 7) is 11.6. The van der Waals surface area contributed by atoms with Crippen molar-refractivity contribution in [3.05, 3.63) is 0 Å². The molecule has 0 aromatic carbocycles. The first-order valence-corrected chi connectivity index (χ1v) is 8.63. The maximum atomic E-state index is 12.4. The van der Waals surface area contributed by atoms with E-state index in [9.17, 15) is 4.79 Å². The van der Waals surface area contributed by atoms with E-state index in [1.807, 2.05) is 4.90 Å². The van der Waals surface area contributed by atoms with Crippen molar-refractivity contribution >= 4 is 5.91 Å². The monoisotopic (exact) mass is 295 g/mol. The predicted molar refractivity (Wildman–Crippen MR) is 87.0 cm³/mol. The molecule has 2 unspecified atom stereocenters. The van der Waals surface area contributed by atoms with E-state index >= 15 is 0 Å². The molecule has 2 aliphatic heterocycles. The lowest BCUT2D eigenvalue weighted by Crippen LogP contribution is -2.45. The number of carbonyl (C=O) groups excluding carboxylic acids is 1. The van der Waals surface area contributed by atoms with Crippen molar-refractivity contribution in [3.8, 4) is 0 Å². The molecule has 2 rings (SSSR count). The molecule has 122 valence electrons. The Morgan fingerprint density at radius 3 is 2.38 bits per heavy atom. The van der Waals surface area contributed by atoms with Crippen LogP contribution in [0.4, 0.5) is 0 Å². The summed E-state index contributed by atoms with van der Waals surface area (Å²) < 4.78 is 0. The zero-order valence-electron chi connectivity index (χ0n) is 14.1. The van der Waals surface area contributed by atoms with E-state index in [-0.39, 0.29) is 6.04 Å². The second kappa shape index (κ2) is 7.10. The van der Waals surface area contributed by atoms with Gasteiger partial charge < -0.3 is 10.6 Å². The van der Waals surface area contributed by atoms with Crippen LogP contribution in [0.2, 0.25) is 0 Å². The number of rotatable bonds is 4. The largest absolute Gasteiger partial charge is 0.343 e. The molecule has 1 amide bonds. The van der Waals surface area contributed by atoms with E-state index in [0.717, 1.165) is 44.9 Å². The van der Waals surface area contributed by atoms with Gasteiger partial charge in [0.2, 0.25) is 5.91 Å². The summed E-state index contributed by atoms with van der Waals surface area (Å²) in [4.78, 5) is 16.9. The summed E-state index contributed by atoms with van der Waals surface area (Å²) in [5, 5.41) is 0. The molecule has 2 fully saturated rings. The molecule has 0 aliphatic carbocycles. The Morgan fingerprint density at radius 1 is 1.19 bits per heavy atom. The number of carbonyl (C=O) groups is 1. The molecule has 0 bridgehead atoms. The van der Waals surface area contributed by atoms with Gasteiger partial charge >= 0.3 is 0 Å². The zero-order chi connectivity index (χ0) is 15.5. The number of piperidine rings is 1. The smallest absolute Gasteiger partial charge is 0.224 e. The van der Waals surface area contributed by atoms with Crippen LogP contribution in [0, 0.1) is 11.3 Å². The van der Waals surface area contributed by atoms with Gasteiger partial charge in [0, 0.05) is 38.6 Å². The van der Waals surface area contributed by atoms with Crippen LogP contribution >= 0.6 is 0 Å². The van der Waals surface area contributed by atoms with Gasteiger partial charge in [0.1, 0.15) is 0 Å². The van der Waals surface area contributed by atoms with Gasteiger partial charge in [0.15, 0.2) is 0 Å². The van der Waals surface area contributed by atoms with Crippen LogP contribution in [0.1, 0.15) is 52.9 Å². The van der Waals surface area contributed by atoms with E-state index < -0.39 is 0 Å². The zero-order valence-corrected chi connectivity index (χ0v) is 14.1. The van der Waals surface area contributed by atoms with Crippen LogP contribution in [0.5, 0.6) is 0 Å². The minimum absolute atomic E-state index is 0.228. The molecule has 2 heterocycles. The fourth-order valence-electron chi connectivity index (χ4n) is 3.66. The van der Waals surface area contributed by atoms with Gasteiger partial charge in [0.05, 0.1) is 0 Å². The molecule has 2 saturated heterocycles. The molecule has 0 aromatic rings. The van der Waals surface area contributed by atoms with Crippen LogP contribution in [0.25, 0.3) is 0 Å². The number of nitrogens with two attached hydrogens (primary N) is 1. The molecule has 0 spiro atoms. The van der Waals surface area contributed by atoms with E-state index in [1.165, 1.54) is 12.8 Å². The molecule has 0 aromatic heterocycles. The van der Waals surface area contributed by atoms with E-state index in [1.54, 1.807) is 0 Å². The highest BCUT2D eigenvalue weighted by Gasteiger charge is 2.35. The molecule has 21 heavy (non-hydrogen) atoms. The minimum Gasteiger partial charge on any atom is -0.343 e. The SMILES string of the molecule is CC(C)(C)C1CCN(C(CN)CC(=O)N2CCCCC2)C1. The fourth-order valence-corrected chi connectivity index (χ4v) is 3.66. The highest BCUT2D eigenvalue weighted by atomic mass is 16.2. The van der Waals surface area contributed by atoms with Gasteiger partial charge in [-0.25, -0.2) is 0 Å². The summed E-state index contributed by atoms with van der Waals surface area (Å²) in [6, 6.07) is 0.228. The Balaban J connectivity index is 1.87. The molecular weight excluding hydrogens is 262 g/mol. The fraction of sp³-hybridized carbons (Fsp3) is 0.941. The lowest BCUT2D eigenvalue weighted by molar-refractivity contribution is -0.133. The second-order valence-electron chi connectivity index (χ2n) is 7.88. The van der Waals surface area contributed by atoms with Crippen LogP contribution in [0.3, 0.4) is 0 Å². The van der Waals surface area contributed by atoms with Crippen LogP contribution in [-0.2, 0) is 4.79 Å². The Hall–Kier alpha value is -0.610. The average Bonchev–Trinajstić information content (AvgIpc) is 2.95. The van der Waals surface area contributed by atoms with Gasteiger partial charge in [-0.15, -0.1) is 0 Å². The van der Waals surface area contributed by atoms with Crippen molar-refractivity contribution in [2.24, 2.45) is 17.1 Å². The summed E-state index contributed by atoms with van der Waals surface area (Å²) in [5.74, 6) is 1.03. The quantitative estimate of drug-likeness (QED) is 0.864. The molecule has 4 heteroatoms. The first-order chi connectivity index (χ1) is 9.91. The summed E-state index contributed by atoms with van der Waals surface area (Å²) in [5.41, 5.74) is 6.32. The van der Waals surface area contributed by atoms with Crippen molar-refractivity contribution < 1.29 is 4.79 Å². The number of hydrogen-bond acceptors (Lipinski definition) is 3. The van der Waals surface area contributed by atoms with Gasteiger partial charge in [0.25, 0.3) is 0 Å². The third-order valence-electron chi connectivity index (χ3n) is 5.35. The topological polar surface area (TPSA) is 49.6 Å². The number of amides is 1. The number of hydrogen-bond donors (Lipinski definition) is 1.